The number of sulfonamides is 1. The summed E-state index contributed by atoms with van der Waals surface area (Å²) in [5.41, 5.74) is 0.975. The molecule has 178 valence electrons. The number of nitrogens with one attached hydrogen (secondary N) is 1. The average molecular weight is 494 g/mol. The quantitative estimate of drug-likeness (QED) is 0.662. The van der Waals surface area contributed by atoms with Crippen LogP contribution in [0.1, 0.15) is 23.2 Å². The molecule has 0 saturated carbocycles. The zero-order valence-corrected chi connectivity index (χ0v) is 20.0. The molecule has 1 N–H and O–H groups in total. The first-order valence-corrected chi connectivity index (χ1v) is 13.1. The van der Waals surface area contributed by atoms with Gasteiger partial charge in [-0.2, -0.15) is 4.31 Å². The summed E-state index contributed by atoms with van der Waals surface area (Å²) in [6.07, 6.45) is 0.844. The molecule has 2 aliphatic rings. The summed E-state index contributed by atoms with van der Waals surface area (Å²) in [5, 5.41) is 4.48. The molecule has 11 heteroatoms. The number of amides is 2. The molecule has 0 aliphatic carbocycles. The highest BCUT2D eigenvalue weighted by molar-refractivity contribution is 7.91. The Morgan fingerprint density at radius 3 is 2.52 bits per heavy atom. The summed E-state index contributed by atoms with van der Waals surface area (Å²) in [6, 6.07) is 8.62. The molecule has 0 bridgehead atoms. The van der Waals surface area contributed by atoms with Gasteiger partial charge in [-0.25, -0.2) is 8.42 Å². The van der Waals surface area contributed by atoms with E-state index in [1.807, 2.05) is 12.1 Å². The summed E-state index contributed by atoms with van der Waals surface area (Å²) in [5.74, 6) is -0.0390. The fourth-order valence-electron chi connectivity index (χ4n) is 3.98. The molecular weight excluding hydrogens is 466 g/mol. The normalized spacial score (nSPS) is 18.2. The number of hydrogen-bond donors (Lipinski definition) is 1. The van der Waals surface area contributed by atoms with Gasteiger partial charge in [-0.15, -0.1) is 11.3 Å². The van der Waals surface area contributed by atoms with Crippen molar-refractivity contribution in [2.24, 2.45) is 5.92 Å². The van der Waals surface area contributed by atoms with E-state index >= 15 is 0 Å². The molecular formula is C22H27N3O6S2. The molecule has 2 saturated heterocycles. The lowest BCUT2D eigenvalue weighted by molar-refractivity contribution is -0.120. The molecule has 1 aromatic heterocycles. The topological polar surface area (TPSA) is 105 Å². The van der Waals surface area contributed by atoms with Crippen molar-refractivity contribution in [2.45, 2.75) is 17.1 Å². The lowest BCUT2D eigenvalue weighted by Crippen LogP contribution is -2.41. The van der Waals surface area contributed by atoms with Gasteiger partial charge in [0.2, 0.25) is 5.91 Å². The number of rotatable bonds is 6. The molecule has 0 radical (unpaired) electrons. The molecule has 2 aliphatic heterocycles. The molecule has 0 spiro atoms. The number of hydrogen-bond acceptors (Lipinski definition) is 7. The van der Waals surface area contributed by atoms with E-state index in [0.29, 0.717) is 56.1 Å². The number of piperidine rings is 1. The largest absolute Gasteiger partial charge is 0.495 e. The standard InChI is InChI=1S/C22H27N3O6S2/c1-30-19-5-3-2-4-18(19)23-21(26)16-6-8-25(9-7-16)33(28,29)20-14-17(15-32-20)22(27)24-10-12-31-13-11-24/h2-5,14-16H,6-13H2,1H3,(H,23,26). The van der Waals surface area contributed by atoms with Gasteiger partial charge in [0.25, 0.3) is 15.9 Å². The second-order valence-electron chi connectivity index (χ2n) is 7.93. The van der Waals surface area contributed by atoms with Crippen molar-refractivity contribution < 1.29 is 27.5 Å². The monoisotopic (exact) mass is 493 g/mol. The van der Waals surface area contributed by atoms with Crippen LogP contribution in [0.4, 0.5) is 5.69 Å². The van der Waals surface area contributed by atoms with E-state index in [4.69, 9.17) is 9.47 Å². The maximum atomic E-state index is 13.1. The van der Waals surface area contributed by atoms with Gasteiger partial charge in [0, 0.05) is 37.5 Å². The van der Waals surface area contributed by atoms with Gasteiger partial charge >= 0.3 is 0 Å². The number of carbonyl (C=O) groups is 2. The van der Waals surface area contributed by atoms with Crippen molar-refractivity contribution in [3.8, 4) is 5.75 Å². The highest BCUT2D eigenvalue weighted by atomic mass is 32.2. The fraction of sp³-hybridized carbons (Fsp3) is 0.455. The first kappa shape index (κ1) is 23.7. The molecule has 2 fully saturated rings. The van der Waals surface area contributed by atoms with Gasteiger partial charge in [0.05, 0.1) is 31.6 Å². The number of methoxy groups -OCH3 is 1. The second kappa shape index (κ2) is 10.2. The third kappa shape index (κ3) is 5.21. The van der Waals surface area contributed by atoms with Crippen LogP contribution in [-0.4, -0.2) is 75.9 Å². The third-order valence-electron chi connectivity index (χ3n) is 5.90. The average Bonchev–Trinajstić information content (AvgIpc) is 3.36. The van der Waals surface area contributed by atoms with Gasteiger partial charge in [0.1, 0.15) is 9.96 Å². The first-order valence-electron chi connectivity index (χ1n) is 10.8. The number of benzene rings is 1. The van der Waals surface area contributed by atoms with Crippen LogP contribution < -0.4 is 10.1 Å². The number of nitrogens with zero attached hydrogens (tertiary/aromatic N) is 2. The smallest absolute Gasteiger partial charge is 0.254 e. The number of morpholine rings is 1. The van der Waals surface area contributed by atoms with Crippen molar-refractivity contribution in [3.05, 3.63) is 41.3 Å². The molecule has 3 heterocycles. The predicted molar refractivity (Wildman–Crippen MR) is 124 cm³/mol. The Bertz CT molecular complexity index is 1100. The maximum Gasteiger partial charge on any atom is 0.254 e. The van der Waals surface area contributed by atoms with Crippen molar-refractivity contribution >= 4 is 38.9 Å². The fourth-order valence-corrected chi connectivity index (χ4v) is 6.76. The number of ether oxygens (including phenoxy) is 2. The van der Waals surface area contributed by atoms with Crippen LogP contribution in [0, 0.1) is 5.92 Å². The first-order chi connectivity index (χ1) is 15.9. The summed E-state index contributed by atoms with van der Waals surface area (Å²) in [4.78, 5) is 27.0. The molecule has 2 aromatic rings. The van der Waals surface area contributed by atoms with E-state index in [0.717, 1.165) is 11.3 Å². The van der Waals surface area contributed by atoms with E-state index in [9.17, 15) is 18.0 Å². The van der Waals surface area contributed by atoms with Crippen molar-refractivity contribution in [1.29, 1.82) is 0 Å². The Morgan fingerprint density at radius 2 is 1.82 bits per heavy atom. The van der Waals surface area contributed by atoms with Gasteiger partial charge in [0.15, 0.2) is 0 Å². The van der Waals surface area contributed by atoms with E-state index in [-0.39, 0.29) is 35.0 Å². The molecule has 2 amide bonds. The highest BCUT2D eigenvalue weighted by Crippen LogP contribution is 2.30. The van der Waals surface area contributed by atoms with Crippen LogP contribution in [0.25, 0.3) is 0 Å². The zero-order valence-electron chi connectivity index (χ0n) is 18.4. The van der Waals surface area contributed by atoms with Crippen LogP contribution in [0.2, 0.25) is 0 Å². The summed E-state index contributed by atoms with van der Waals surface area (Å²) in [6.45, 7) is 2.47. The van der Waals surface area contributed by atoms with Crippen LogP contribution in [0.3, 0.4) is 0 Å². The van der Waals surface area contributed by atoms with Crippen LogP contribution in [-0.2, 0) is 19.6 Å². The number of anilines is 1. The lowest BCUT2D eigenvalue weighted by Gasteiger charge is -2.30. The number of para-hydroxylation sites is 2. The Labute approximate surface area is 197 Å². The number of thiophene rings is 1. The lowest BCUT2D eigenvalue weighted by atomic mass is 9.97. The maximum absolute atomic E-state index is 13.1. The van der Waals surface area contributed by atoms with Crippen LogP contribution >= 0.6 is 11.3 Å². The predicted octanol–water partition coefficient (Wildman–Crippen LogP) is 2.27. The second-order valence-corrected chi connectivity index (χ2v) is 11.0. The van der Waals surface area contributed by atoms with E-state index in [1.165, 1.54) is 10.4 Å². The van der Waals surface area contributed by atoms with Crippen molar-refractivity contribution in [1.82, 2.24) is 9.21 Å². The molecule has 4 rings (SSSR count). The van der Waals surface area contributed by atoms with Gasteiger partial charge in [-0.05, 0) is 31.0 Å². The van der Waals surface area contributed by atoms with Gasteiger partial charge in [-0.3, -0.25) is 9.59 Å². The minimum absolute atomic E-state index is 0.147. The highest BCUT2D eigenvalue weighted by Gasteiger charge is 2.34. The van der Waals surface area contributed by atoms with Crippen molar-refractivity contribution in [3.63, 3.8) is 0 Å². The minimum atomic E-state index is -3.72. The van der Waals surface area contributed by atoms with Crippen molar-refractivity contribution in [2.75, 3.05) is 51.8 Å². The van der Waals surface area contributed by atoms with Gasteiger partial charge in [-0.1, -0.05) is 12.1 Å². The summed E-state index contributed by atoms with van der Waals surface area (Å²) < 4.78 is 38.3. The summed E-state index contributed by atoms with van der Waals surface area (Å²) >= 11 is 1.05. The molecule has 9 nitrogen and oxygen atoms in total. The Balaban J connectivity index is 1.36. The van der Waals surface area contributed by atoms with Gasteiger partial charge < -0.3 is 19.7 Å². The van der Waals surface area contributed by atoms with Crippen LogP contribution in [0.5, 0.6) is 5.75 Å². The molecule has 1 aromatic carbocycles. The third-order valence-corrected chi connectivity index (χ3v) is 9.22. The zero-order chi connectivity index (χ0) is 23.4. The van der Waals surface area contributed by atoms with E-state index in [2.05, 4.69) is 5.32 Å². The molecule has 33 heavy (non-hydrogen) atoms. The minimum Gasteiger partial charge on any atom is -0.495 e. The van der Waals surface area contributed by atoms with E-state index in [1.54, 1.807) is 29.5 Å². The SMILES string of the molecule is COc1ccccc1NC(=O)C1CCN(S(=O)(=O)c2cc(C(=O)N3CCOCC3)cs2)CC1. The summed E-state index contributed by atoms with van der Waals surface area (Å²) in [7, 11) is -2.18. The molecule has 0 atom stereocenters. The van der Waals surface area contributed by atoms with Crippen LogP contribution in [0.15, 0.2) is 39.9 Å². The molecule has 0 unspecified atom stereocenters. The number of carbonyl (C=O) groups excluding carboxylic acids is 2. The Morgan fingerprint density at radius 1 is 1.12 bits per heavy atom. The Kier molecular flexibility index (Phi) is 7.32. The van der Waals surface area contributed by atoms with E-state index < -0.39 is 10.0 Å². The Hall–Kier alpha value is -2.47.